The third kappa shape index (κ3) is 1.34. The molecule has 0 fully saturated rings. The van der Waals surface area contributed by atoms with E-state index >= 15 is 0 Å². The summed E-state index contributed by atoms with van der Waals surface area (Å²) in [4.78, 5) is 7.91. The van der Waals surface area contributed by atoms with E-state index in [2.05, 4.69) is 51.9 Å². The van der Waals surface area contributed by atoms with Crippen LogP contribution in [-0.2, 0) is 6.42 Å². The van der Waals surface area contributed by atoms with Crippen molar-refractivity contribution in [1.82, 2.24) is 4.98 Å². The maximum atomic E-state index is 4.49. The Balaban J connectivity index is 2.40. The summed E-state index contributed by atoms with van der Waals surface area (Å²) in [5, 5.41) is 1.30. The van der Waals surface area contributed by atoms with Gasteiger partial charge in [0, 0.05) is 21.6 Å². The zero-order valence-corrected chi connectivity index (χ0v) is 10.9. The Morgan fingerprint density at radius 3 is 3.06 bits per heavy atom. The van der Waals surface area contributed by atoms with Crippen LogP contribution in [0.2, 0.25) is 0 Å². The molecule has 1 aromatic carbocycles. The van der Waals surface area contributed by atoms with Gasteiger partial charge in [0.2, 0.25) is 0 Å². The van der Waals surface area contributed by atoms with Crippen LogP contribution in [0.5, 0.6) is 0 Å². The summed E-state index contributed by atoms with van der Waals surface area (Å²) in [5.41, 5.74) is 3.83. The van der Waals surface area contributed by atoms with Gasteiger partial charge in [0.25, 0.3) is 0 Å². The van der Waals surface area contributed by atoms with E-state index in [1.54, 1.807) is 0 Å². The van der Waals surface area contributed by atoms with Crippen LogP contribution in [0.1, 0.15) is 18.1 Å². The topological polar surface area (TPSA) is 28.1 Å². The SMILES string of the molecule is Cc1ccc(Br)c2c3c([nH]c12)N=CC(C)C3. The summed E-state index contributed by atoms with van der Waals surface area (Å²) in [5.74, 6) is 1.56. The van der Waals surface area contributed by atoms with Crippen molar-refractivity contribution in [3.05, 3.63) is 27.7 Å². The molecule has 0 radical (unpaired) electrons. The van der Waals surface area contributed by atoms with Gasteiger partial charge in [-0.2, -0.15) is 0 Å². The van der Waals surface area contributed by atoms with Gasteiger partial charge in [-0.15, -0.1) is 0 Å². The van der Waals surface area contributed by atoms with Gasteiger partial charge in [-0.25, -0.2) is 4.99 Å². The number of aryl methyl sites for hydroxylation is 1. The maximum Gasteiger partial charge on any atom is 0.133 e. The second-order valence-corrected chi connectivity index (χ2v) is 5.38. The fraction of sp³-hybridized carbons (Fsp3) is 0.308. The number of aromatic amines is 1. The number of fused-ring (bicyclic) bond motifs is 3. The molecular formula is C13H13BrN2. The van der Waals surface area contributed by atoms with Gasteiger partial charge in [0.1, 0.15) is 5.82 Å². The molecule has 82 valence electrons. The lowest BCUT2D eigenvalue weighted by Gasteiger charge is -2.11. The highest BCUT2D eigenvalue weighted by Gasteiger charge is 2.19. The quantitative estimate of drug-likeness (QED) is 0.750. The van der Waals surface area contributed by atoms with Crippen LogP contribution in [-0.4, -0.2) is 11.2 Å². The third-order valence-electron chi connectivity index (χ3n) is 3.18. The molecule has 0 spiro atoms. The fourth-order valence-electron chi connectivity index (χ4n) is 2.34. The first-order valence-electron chi connectivity index (χ1n) is 5.50. The Bertz CT molecular complexity index is 595. The van der Waals surface area contributed by atoms with Gasteiger partial charge in [-0.1, -0.05) is 28.9 Å². The van der Waals surface area contributed by atoms with Crippen molar-refractivity contribution in [2.24, 2.45) is 10.9 Å². The molecule has 1 aliphatic rings. The minimum Gasteiger partial charge on any atom is -0.339 e. The van der Waals surface area contributed by atoms with E-state index in [1.807, 2.05) is 6.21 Å². The molecular weight excluding hydrogens is 264 g/mol. The minimum atomic E-state index is 0.527. The molecule has 1 N–H and O–H groups in total. The smallest absolute Gasteiger partial charge is 0.133 e. The number of nitrogens with one attached hydrogen (secondary N) is 1. The lowest BCUT2D eigenvalue weighted by molar-refractivity contribution is 0.775. The van der Waals surface area contributed by atoms with E-state index in [0.29, 0.717) is 5.92 Å². The molecule has 3 rings (SSSR count). The number of hydrogen-bond acceptors (Lipinski definition) is 1. The van der Waals surface area contributed by atoms with Crippen LogP contribution in [0, 0.1) is 12.8 Å². The van der Waals surface area contributed by atoms with Crippen molar-refractivity contribution >= 4 is 38.9 Å². The maximum absolute atomic E-state index is 4.49. The van der Waals surface area contributed by atoms with Crippen LogP contribution in [0.3, 0.4) is 0 Å². The van der Waals surface area contributed by atoms with E-state index in [-0.39, 0.29) is 0 Å². The molecule has 0 aliphatic carbocycles. The summed E-state index contributed by atoms with van der Waals surface area (Å²) in [7, 11) is 0. The van der Waals surface area contributed by atoms with Gasteiger partial charge in [-0.3, -0.25) is 0 Å². The zero-order valence-electron chi connectivity index (χ0n) is 9.34. The molecule has 0 saturated carbocycles. The molecule has 0 bridgehead atoms. The monoisotopic (exact) mass is 276 g/mol. The highest BCUT2D eigenvalue weighted by atomic mass is 79.9. The van der Waals surface area contributed by atoms with Crippen molar-refractivity contribution in [1.29, 1.82) is 0 Å². The predicted octanol–water partition coefficient (Wildman–Crippen LogP) is 4.13. The number of aliphatic imine (C=N–C) groups is 1. The van der Waals surface area contributed by atoms with E-state index in [4.69, 9.17) is 0 Å². The van der Waals surface area contributed by atoms with E-state index in [1.165, 1.54) is 22.0 Å². The van der Waals surface area contributed by atoms with E-state index in [9.17, 15) is 0 Å². The molecule has 1 aliphatic heterocycles. The third-order valence-corrected chi connectivity index (χ3v) is 3.84. The van der Waals surface area contributed by atoms with Gasteiger partial charge >= 0.3 is 0 Å². The minimum absolute atomic E-state index is 0.527. The van der Waals surface area contributed by atoms with E-state index in [0.717, 1.165) is 16.7 Å². The average molecular weight is 277 g/mol. The van der Waals surface area contributed by atoms with Crippen LogP contribution >= 0.6 is 15.9 Å². The van der Waals surface area contributed by atoms with Crippen LogP contribution in [0.15, 0.2) is 21.6 Å². The summed E-state index contributed by atoms with van der Waals surface area (Å²) in [6.45, 7) is 4.33. The summed E-state index contributed by atoms with van der Waals surface area (Å²) < 4.78 is 1.16. The van der Waals surface area contributed by atoms with Crippen molar-refractivity contribution in [2.75, 3.05) is 0 Å². The molecule has 0 amide bonds. The first-order valence-corrected chi connectivity index (χ1v) is 6.30. The largest absolute Gasteiger partial charge is 0.339 e. The number of hydrogen-bond donors (Lipinski definition) is 1. The Kier molecular flexibility index (Phi) is 2.18. The first kappa shape index (κ1) is 10.1. The summed E-state index contributed by atoms with van der Waals surface area (Å²) >= 11 is 3.64. The van der Waals surface area contributed by atoms with Crippen molar-refractivity contribution in [3.63, 3.8) is 0 Å². The highest BCUT2D eigenvalue weighted by molar-refractivity contribution is 9.10. The first-order chi connectivity index (χ1) is 7.66. The van der Waals surface area contributed by atoms with Gasteiger partial charge < -0.3 is 4.98 Å². The number of rotatable bonds is 0. The molecule has 2 aromatic rings. The Morgan fingerprint density at radius 2 is 2.25 bits per heavy atom. The highest BCUT2D eigenvalue weighted by Crippen LogP contribution is 2.38. The number of halogens is 1. The number of aromatic nitrogens is 1. The lowest BCUT2D eigenvalue weighted by Crippen LogP contribution is -2.04. The van der Waals surface area contributed by atoms with Gasteiger partial charge in [-0.05, 0) is 30.9 Å². The summed E-state index contributed by atoms with van der Waals surface area (Å²) in [6, 6.07) is 4.25. The van der Waals surface area contributed by atoms with Gasteiger partial charge in [0.15, 0.2) is 0 Å². The Morgan fingerprint density at radius 1 is 1.44 bits per heavy atom. The number of H-pyrrole nitrogens is 1. The average Bonchev–Trinajstić information content (AvgIpc) is 2.63. The molecule has 2 nitrogen and oxygen atoms in total. The molecule has 0 saturated heterocycles. The lowest BCUT2D eigenvalue weighted by atomic mass is 9.98. The van der Waals surface area contributed by atoms with Crippen LogP contribution in [0.4, 0.5) is 5.82 Å². The van der Waals surface area contributed by atoms with E-state index < -0.39 is 0 Å². The molecule has 2 heterocycles. The van der Waals surface area contributed by atoms with Crippen LogP contribution in [0.25, 0.3) is 10.9 Å². The zero-order chi connectivity index (χ0) is 11.3. The molecule has 1 unspecified atom stereocenters. The molecule has 3 heteroatoms. The van der Waals surface area contributed by atoms with Crippen molar-refractivity contribution in [2.45, 2.75) is 20.3 Å². The Labute approximate surface area is 103 Å². The van der Waals surface area contributed by atoms with Crippen molar-refractivity contribution < 1.29 is 0 Å². The number of nitrogens with zero attached hydrogens (tertiary/aromatic N) is 1. The van der Waals surface area contributed by atoms with Crippen LogP contribution < -0.4 is 0 Å². The second-order valence-electron chi connectivity index (χ2n) is 4.53. The van der Waals surface area contributed by atoms with Crippen molar-refractivity contribution in [3.8, 4) is 0 Å². The molecule has 1 aromatic heterocycles. The van der Waals surface area contributed by atoms with Gasteiger partial charge in [0.05, 0.1) is 5.52 Å². The molecule has 1 atom stereocenters. The Hall–Kier alpha value is -1.09. The normalized spacial score (nSPS) is 19.1. The second kappa shape index (κ2) is 3.45. The predicted molar refractivity (Wildman–Crippen MR) is 71.8 cm³/mol. The fourth-order valence-corrected chi connectivity index (χ4v) is 2.90. The molecule has 16 heavy (non-hydrogen) atoms. The standard InChI is InChI=1S/C13H13BrN2/c1-7-5-9-11-10(14)4-3-8(2)12(11)16-13(9)15-6-7/h3-4,6-7,16H,5H2,1-2H3. The number of benzene rings is 1. The summed E-state index contributed by atoms with van der Waals surface area (Å²) in [6.07, 6.45) is 3.10.